The number of hydrogen-bond donors (Lipinski definition) is 0. The fraction of sp³-hybridized carbons (Fsp3) is 0.294. The number of imide groups is 1. The smallest absolute Gasteiger partial charge is 0.261 e. The van der Waals surface area contributed by atoms with E-state index in [2.05, 4.69) is 11.0 Å². The summed E-state index contributed by atoms with van der Waals surface area (Å²) in [5.74, 6) is -0.324. The van der Waals surface area contributed by atoms with Gasteiger partial charge in [-0.25, -0.2) is 0 Å². The van der Waals surface area contributed by atoms with E-state index in [1.807, 2.05) is 19.3 Å². The minimum Gasteiger partial charge on any atom is -0.376 e. The van der Waals surface area contributed by atoms with Crippen LogP contribution in [0.25, 0.3) is 0 Å². The van der Waals surface area contributed by atoms with Crippen molar-refractivity contribution in [2.75, 3.05) is 20.1 Å². The lowest BCUT2D eigenvalue weighted by molar-refractivity contribution is 0.0652. The predicted octanol–water partition coefficient (Wildman–Crippen LogP) is 2.45. The summed E-state index contributed by atoms with van der Waals surface area (Å²) in [4.78, 5) is 27.9. The maximum Gasteiger partial charge on any atom is 0.261 e. The summed E-state index contributed by atoms with van der Waals surface area (Å²) < 4.78 is 0. The van der Waals surface area contributed by atoms with Gasteiger partial charge < -0.3 is 4.90 Å². The standard InChI is InChI=1S/C17H18N2O2/c1-18-10-4-6-13(12-18)7-5-11-19-16(20)14-8-2-3-9-15(14)17(19)21/h2-4,6,8-10H,5,7,11-12H2,1H3. The highest BCUT2D eigenvalue weighted by atomic mass is 16.2. The van der Waals surface area contributed by atoms with E-state index in [0.29, 0.717) is 17.7 Å². The molecule has 0 spiro atoms. The highest BCUT2D eigenvalue weighted by Gasteiger charge is 2.34. The van der Waals surface area contributed by atoms with Crippen molar-refractivity contribution in [2.45, 2.75) is 12.8 Å². The van der Waals surface area contributed by atoms with E-state index < -0.39 is 0 Å². The second-order valence-corrected chi connectivity index (χ2v) is 5.49. The highest BCUT2D eigenvalue weighted by molar-refractivity contribution is 6.21. The molecule has 1 aromatic rings. The van der Waals surface area contributed by atoms with Gasteiger partial charge in [-0.2, -0.15) is 0 Å². The van der Waals surface area contributed by atoms with Crippen LogP contribution in [0.1, 0.15) is 33.6 Å². The lowest BCUT2D eigenvalue weighted by Crippen LogP contribution is -2.31. The Morgan fingerprint density at radius 1 is 1.10 bits per heavy atom. The number of benzene rings is 1. The average Bonchev–Trinajstić information content (AvgIpc) is 2.73. The second kappa shape index (κ2) is 5.56. The van der Waals surface area contributed by atoms with Gasteiger partial charge in [0.2, 0.25) is 0 Å². The Morgan fingerprint density at radius 3 is 2.38 bits per heavy atom. The molecule has 0 N–H and O–H groups in total. The van der Waals surface area contributed by atoms with Gasteiger partial charge in [0.1, 0.15) is 0 Å². The van der Waals surface area contributed by atoms with Crippen molar-refractivity contribution in [1.29, 1.82) is 0 Å². The van der Waals surface area contributed by atoms with Gasteiger partial charge in [0, 0.05) is 20.1 Å². The summed E-state index contributed by atoms with van der Waals surface area (Å²) in [5.41, 5.74) is 2.39. The molecule has 2 heterocycles. The molecule has 0 atom stereocenters. The van der Waals surface area contributed by atoms with E-state index in [4.69, 9.17) is 0 Å². The third kappa shape index (κ3) is 2.61. The van der Waals surface area contributed by atoms with Crippen molar-refractivity contribution in [3.05, 3.63) is 59.3 Å². The molecule has 4 nitrogen and oxygen atoms in total. The van der Waals surface area contributed by atoms with Crippen LogP contribution in [-0.2, 0) is 0 Å². The fourth-order valence-electron chi connectivity index (χ4n) is 2.82. The van der Waals surface area contributed by atoms with Gasteiger partial charge in [-0.1, -0.05) is 23.8 Å². The van der Waals surface area contributed by atoms with Crippen LogP contribution < -0.4 is 0 Å². The molecule has 2 aliphatic rings. The average molecular weight is 282 g/mol. The van der Waals surface area contributed by atoms with Crippen molar-refractivity contribution in [3.63, 3.8) is 0 Å². The molecule has 4 heteroatoms. The molecule has 21 heavy (non-hydrogen) atoms. The summed E-state index contributed by atoms with van der Waals surface area (Å²) >= 11 is 0. The van der Waals surface area contributed by atoms with Gasteiger partial charge in [-0.15, -0.1) is 0 Å². The van der Waals surface area contributed by atoms with Crippen molar-refractivity contribution in [3.8, 4) is 0 Å². The minimum atomic E-state index is -0.162. The van der Waals surface area contributed by atoms with E-state index in [0.717, 1.165) is 19.4 Å². The van der Waals surface area contributed by atoms with Gasteiger partial charge >= 0.3 is 0 Å². The number of fused-ring (bicyclic) bond motifs is 1. The van der Waals surface area contributed by atoms with Gasteiger partial charge in [0.15, 0.2) is 0 Å². The Hall–Kier alpha value is -2.36. The van der Waals surface area contributed by atoms with Crippen molar-refractivity contribution in [1.82, 2.24) is 9.80 Å². The van der Waals surface area contributed by atoms with Crippen LogP contribution in [0.4, 0.5) is 0 Å². The van der Waals surface area contributed by atoms with Crippen LogP contribution in [0.2, 0.25) is 0 Å². The van der Waals surface area contributed by atoms with Crippen LogP contribution >= 0.6 is 0 Å². The predicted molar refractivity (Wildman–Crippen MR) is 80.9 cm³/mol. The topological polar surface area (TPSA) is 40.6 Å². The number of amides is 2. The molecule has 0 aliphatic carbocycles. The molecule has 0 aromatic heterocycles. The lowest BCUT2D eigenvalue weighted by atomic mass is 10.1. The molecular formula is C17H18N2O2. The molecule has 2 amide bonds. The number of hydrogen-bond acceptors (Lipinski definition) is 3. The van der Waals surface area contributed by atoms with Crippen LogP contribution in [0.5, 0.6) is 0 Å². The van der Waals surface area contributed by atoms with Gasteiger partial charge in [-0.05, 0) is 37.3 Å². The molecule has 0 saturated heterocycles. The monoisotopic (exact) mass is 282 g/mol. The molecular weight excluding hydrogens is 264 g/mol. The molecule has 108 valence electrons. The molecule has 2 aliphatic heterocycles. The van der Waals surface area contributed by atoms with Crippen LogP contribution in [0.3, 0.4) is 0 Å². The Bertz CT molecular complexity index is 611. The normalized spacial score (nSPS) is 17.3. The molecule has 0 saturated carbocycles. The number of allylic oxidation sites excluding steroid dienone is 2. The number of rotatable bonds is 4. The maximum absolute atomic E-state index is 12.2. The Labute approximate surface area is 124 Å². The summed E-state index contributed by atoms with van der Waals surface area (Å²) in [6, 6.07) is 7.03. The highest BCUT2D eigenvalue weighted by Crippen LogP contribution is 2.23. The first-order valence-corrected chi connectivity index (χ1v) is 7.18. The fourth-order valence-corrected chi connectivity index (χ4v) is 2.82. The number of carbonyl (C=O) groups is 2. The first-order valence-electron chi connectivity index (χ1n) is 7.18. The summed E-state index contributed by atoms with van der Waals surface area (Å²) in [6.07, 6.45) is 7.89. The SMILES string of the molecule is CN1C=CC=C(CCCN2C(=O)c3ccccc3C2=O)C1. The summed E-state index contributed by atoms with van der Waals surface area (Å²) in [5, 5.41) is 0. The number of likely N-dealkylation sites (N-methyl/N-ethyl adjacent to an activating group) is 1. The third-order valence-electron chi connectivity index (χ3n) is 3.88. The maximum atomic E-state index is 12.2. The Kier molecular flexibility index (Phi) is 3.60. The zero-order chi connectivity index (χ0) is 14.8. The molecule has 1 aromatic carbocycles. The van der Waals surface area contributed by atoms with Crippen LogP contribution in [-0.4, -0.2) is 41.8 Å². The van der Waals surface area contributed by atoms with E-state index in [9.17, 15) is 9.59 Å². The minimum absolute atomic E-state index is 0.162. The van der Waals surface area contributed by atoms with Crippen molar-refractivity contribution >= 4 is 11.8 Å². The zero-order valence-electron chi connectivity index (χ0n) is 12.1. The first kappa shape index (κ1) is 13.6. The quantitative estimate of drug-likeness (QED) is 0.796. The van der Waals surface area contributed by atoms with E-state index >= 15 is 0 Å². The second-order valence-electron chi connectivity index (χ2n) is 5.49. The first-order chi connectivity index (χ1) is 10.2. The summed E-state index contributed by atoms with van der Waals surface area (Å²) in [7, 11) is 2.04. The van der Waals surface area contributed by atoms with Crippen LogP contribution in [0.15, 0.2) is 48.2 Å². The Morgan fingerprint density at radius 2 is 1.76 bits per heavy atom. The number of carbonyl (C=O) groups excluding carboxylic acids is 2. The van der Waals surface area contributed by atoms with E-state index in [1.165, 1.54) is 10.5 Å². The molecule has 0 radical (unpaired) electrons. The number of nitrogens with zero attached hydrogens (tertiary/aromatic N) is 2. The van der Waals surface area contributed by atoms with Crippen molar-refractivity contribution in [2.24, 2.45) is 0 Å². The van der Waals surface area contributed by atoms with Gasteiger partial charge in [0.25, 0.3) is 11.8 Å². The molecule has 0 bridgehead atoms. The molecule has 0 unspecified atom stereocenters. The van der Waals surface area contributed by atoms with Gasteiger partial charge in [-0.3, -0.25) is 14.5 Å². The zero-order valence-corrected chi connectivity index (χ0v) is 12.1. The molecule has 0 fully saturated rings. The Balaban J connectivity index is 1.60. The van der Waals surface area contributed by atoms with Gasteiger partial charge in [0.05, 0.1) is 11.1 Å². The third-order valence-corrected chi connectivity index (χ3v) is 3.88. The lowest BCUT2D eigenvalue weighted by Gasteiger charge is -2.20. The largest absolute Gasteiger partial charge is 0.376 e. The van der Waals surface area contributed by atoms with Crippen molar-refractivity contribution < 1.29 is 9.59 Å². The van der Waals surface area contributed by atoms with E-state index in [-0.39, 0.29) is 11.8 Å². The van der Waals surface area contributed by atoms with E-state index in [1.54, 1.807) is 24.3 Å². The summed E-state index contributed by atoms with van der Waals surface area (Å²) in [6.45, 7) is 1.40. The van der Waals surface area contributed by atoms with Crippen LogP contribution in [0, 0.1) is 0 Å². The molecule has 3 rings (SSSR count).